The molecule has 0 aliphatic heterocycles. The van der Waals surface area contributed by atoms with Crippen molar-refractivity contribution in [2.24, 2.45) is 0 Å². The van der Waals surface area contributed by atoms with Crippen molar-refractivity contribution in [1.82, 2.24) is 0 Å². The quantitative estimate of drug-likeness (QED) is 0.214. The Morgan fingerprint density at radius 1 is 0.611 bits per heavy atom. The summed E-state index contributed by atoms with van der Waals surface area (Å²) in [5.74, 6) is 0. The van der Waals surface area contributed by atoms with Gasteiger partial charge in [0.2, 0.25) is 0 Å². The van der Waals surface area contributed by atoms with E-state index in [1.165, 1.54) is 12.1 Å². The van der Waals surface area contributed by atoms with Crippen LogP contribution >= 0.6 is 45.1 Å². The highest BCUT2D eigenvalue weighted by molar-refractivity contribution is 8.33. The molecule has 0 saturated carbocycles. The van der Waals surface area contributed by atoms with Gasteiger partial charge in [-0.2, -0.15) is 8.42 Å². The van der Waals surface area contributed by atoms with Gasteiger partial charge in [0.1, 0.15) is 4.90 Å². The first-order valence-corrected chi connectivity index (χ1v) is 15.2. The van der Waals surface area contributed by atoms with Crippen molar-refractivity contribution in [3.8, 4) is 0 Å². The number of benzene rings is 4. The van der Waals surface area contributed by atoms with Crippen LogP contribution in [0.15, 0.2) is 117 Å². The molecule has 8 heteroatoms. The molecular weight excluding hydrogens is 555 g/mol. The molecule has 0 radical (unpaired) electrons. The van der Waals surface area contributed by atoms with E-state index >= 15 is 0 Å². The highest BCUT2D eigenvalue weighted by Crippen LogP contribution is 2.70. The van der Waals surface area contributed by atoms with E-state index in [2.05, 4.69) is 20.8 Å². The Kier molecular flexibility index (Phi) is 7.82. The third-order valence-corrected chi connectivity index (χ3v) is 12.0. The molecule has 0 heterocycles. The molecule has 4 aromatic carbocycles. The average molecular weight is 580 g/mol. The van der Waals surface area contributed by atoms with E-state index in [-0.39, 0.29) is 25.4 Å². The molecule has 0 amide bonds. The van der Waals surface area contributed by atoms with Gasteiger partial charge in [-0.25, -0.2) is 3.63 Å². The zero-order valence-corrected chi connectivity index (χ0v) is 23.8. The molecule has 4 rings (SSSR count). The summed E-state index contributed by atoms with van der Waals surface area (Å²) < 4.78 is 34.1. The Bertz CT molecular complexity index is 1430. The molecule has 0 atom stereocenters. The van der Waals surface area contributed by atoms with Crippen molar-refractivity contribution < 1.29 is 12.0 Å². The van der Waals surface area contributed by atoms with Crippen LogP contribution in [-0.2, 0) is 19.2 Å². The molecule has 0 unspecified atom stereocenters. The molecule has 0 aromatic heterocycles. The standard InChI is InChI=1S/C28H25Cl3O3S2/c1-28(2,3)20-14-16-23(17-15-20)35(21-10-6-4-7-11-21,22-12-8-5-9-13-22)34-36(32,33)27-19-25(30)24(29)18-26(27)31/h4-19H,1-3H3. The summed E-state index contributed by atoms with van der Waals surface area (Å²) in [5.41, 5.74) is 1.05. The predicted molar refractivity (Wildman–Crippen MR) is 150 cm³/mol. The Balaban J connectivity index is 2.02. The smallest absolute Gasteiger partial charge is 0.203 e. The number of rotatable bonds is 6. The number of halogens is 3. The Labute approximate surface area is 229 Å². The lowest BCUT2D eigenvalue weighted by Crippen LogP contribution is -2.16. The van der Waals surface area contributed by atoms with E-state index in [1.54, 1.807) is 0 Å². The largest absolute Gasteiger partial charge is 0.308 e. The van der Waals surface area contributed by atoms with Crippen molar-refractivity contribution >= 4 is 55.2 Å². The number of hydrogen-bond acceptors (Lipinski definition) is 3. The van der Waals surface area contributed by atoms with Crippen molar-refractivity contribution in [3.63, 3.8) is 0 Å². The Morgan fingerprint density at radius 2 is 1.06 bits per heavy atom. The van der Waals surface area contributed by atoms with Crippen molar-refractivity contribution in [3.05, 3.63) is 118 Å². The lowest BCUT2D eigenvalue weighted by molar-refractivity contribution is 0.508. The van der Waals surface area contributed by atoms with E-state index in [4.69, 9.17) is 38.4 Å². The van der Waals surface area contributed by atoms with Crippen molar-refractivity contribution in [2.45, 2.75) is 45.8 Å². The second kappa shape index (κ2) is 10.4. The summed E-state index contributed by atoms with van der Waals surface area (Å²) >= 11 is 18.6. The Hall–Kier alpha value is -1.99. The van der Waals surface area contributed by atoms with E-state index in [0.717, 1.165) is 20.2 Å². The van der Waals surface area contributed by atoms with Gasteiger partial charge in [0.15, 0.2) is 0 Å². The molecule has 0 spiro atoms. The van der Waals surface area contributed by atoms with Gasteiger partial charge >= 0.3 is 10.1 Å². The molecule has 4 aromatic rings. The van der Waals surface area contributed by atoms with E-state index in [1.807, 2.05) is 84.9 Å². The van der Waals surface area contributed by atoms with Crippen LogP contribution in [0, 0.1) is 0 Å². The molecule has 3 nitrogen and oxygen atoms in total. The predicted octanol–water partition coefficient (Wildman–Crippen LogP) is 9.55. The average Bonchev–Trinajstić information content (AvgIpc) is 2.85. The fourth-order valence-corrected chi connectivity index (χ4v) is 9.95. The van der Waals surface area contributed by atoms with Gasteiger partial charge in [-0.3, -0.25) is 0 Å². The first-order valence-electron chi connectivity index (χ1n) is 11.1. The van der Waals surface area contributed by atoms with Crippen molar-refractivity contribution in [2.75, 3.05) is 0 Å². The zero-order chi connectivity index (χ0) is 26.1. The number of hydrogen-bond donors (Lipinski definition) is 0. The molecule has 0 fully saturated rings. The van der Waals surface area contributed by atoms with Crippen LogP contribution in [0.3, 0.4) is 0 Å². The van der Waals surface area contributed by atoms with Gasteiger partial charge in [0, 0.05) is 14.7 Å². The van der Waals surface area contributed by atoms with Crippen LogP contribution in [0.2, 0.25) is 15.1 Å². The van der Waals surface area contributed by atoms with Crippen LogP contribution in [-0.4, -0.2) is 8.42 Å². The van der Waals surface area contributed by atoms with Crippen LogP contribution in [0.5, 0.6) is 0 Å². The van der Waals surface area contributed by atoms with Gasteiger partial charge in [-0.1, -0.05) is 104 Å². The van der Waals surface area contributed by atoms with Crippen LogP contribution in [0.4, 0.5) is 0 Å². The van der Waals surface area contributed by atoms with Crippen LogP contribution in [0.25, 0.3) is 0 Å². The first-order chi connectivity index (χ1) is 16.9. The van der Waals surface area contributed by atoms with E-state index in [0.29, 0.717) is 0 Å². The fraction of sp³-hybridized carbons (Fsp3) is 0.143. The van der Waals surface area contributed by atoms with Gasteiger partial charge in [-0.05, 0) is 69.8 Å². The van der Waals surface area contributed by atoms with Crippen LogP contribution in [0.1, 0.15) is 26.3 Å². The molecule has 0 aliphatic rings. The van der Waals surface area contributed by atoms with Crippen LogP contribution < -0.4 is 0 Å². The monoisotopic (exact) mass is 578 g/mol. The summed E-state index contributed by atoms with van der Waals surface area (Å²) in [6.45, 7) is 6.39. The third-order valence-electron chi connectivity index (χ3n) is 5.64. The highest BCUT2D eigenvalue weighted by atomic mass is 35.5. The lowest BCUT2D eigenvalue weighted by Gasteiger charge is -2.39. The zero-order valence-electron chi connectivity index (χ0n) is 19.9. The van der Waals surface area contributed by atoms with Crippen molar-refractivity contribution in [1.29, 1.82) is 0 Å². The molecular formula is C28H25Cl3O3S2. The normalized spacial score (nSPS) is 12.9. The summed E-state index contributed by atoms with van der Waals surface area (Å²) in [7, 11) is -7.17. The molecule has 0 bridgehead atoms. The first kappa shape index (κ1) is 27.1. The topological polar surface area (TPSA) is 43.4 Å². The minimum Gasteiger partial charge on any atom is -0.203 e. The van der Waals surface area contributed by atoms with Gasteiger partial charge < -0.3 is 0 Å². The maximum absolute atomic E-state index is 13.9. The summed E-state index contributed by atoms with van der Waals surface area (Å²) in [4.78, 5) is 1.93. The SMILES string of the molecule is CC(C)(C)c1ccc(S(OS(=O)(=O)c2cc(Cl)c(Cl)cc2Cl)(c2ccccc2)c2ccccc2)cc1. The molecule has 36 heavy (non-hydrogen) atoms. The summed E-state index contributed by atoms with van der Waals surface area (Å²) in [6.07, 6.45) is 0. The minimum atomic E-state index is -4.41. The summed E-state index contributed by atoms with van der Waals surface area (Å²) in [5, 5.41) is 0.155. The fourth-order valence-electron chi connectivity index (χ4n) is 3.76. The Morgan fingerprint density at radius 3 is 1.53 bits per heavy atom. The lowest BCUT2D eigenvalue weighted by atomic mass is 9.87. The maximum Gasteiger partial charge on any atom is 0.308 e. The van der Waals surface area contributed by atoms with Gasteiger partial charge in [0.05, 0.1) is 15.1 Å². The minimum absolute atomic E-state index is 0.0674. The second-order valence-electron chi connectivity index (χ2n) is 9.18. The van der Waals surface area contributed by atoms with E-state index < -0.39 is 20.4 Å². The maximum atomic E-state index is 13.9. The second-order valence-corrected chi connectivity index (χ2v) is 14.8. The van der Waals surface area contributed by atoms with Gasteiger partial charge in [0.25, 0.3) is 0 Å². The molecule has 0 aliphatic carbocycles. The molecule has 0 saturated heterocycles. The molecule has 188 valence electrons. The molecule has 0 N–H and O–H groups in total. The summed E-state index contributed by atoms with van der Waals surface area (Å²) in [6, 6.07) is 29.2. The van der Waals surface area contributed by atoms with E-state index in [9.17, 15) is 8.42 Å². The van der Waals surface area contributed by atoms with Gasteiger partial charge in [-0.15, -0.1) is 0 Å². The third kappa shape index (κ3) is 5.33. The highest BCUT2D eigenvalue weighted by Gasteiger charge is 2.39.